The van der Waals surface area contributed by atoms with Crippen molar-refractivity contribution in [1.82, 2.24) is 5.32 Å². The summed E-state index contributed by atoms with van der Waals surface area (Å²) in [6, 6.07) is 15.1. The molecule has 0 aliphatic carbocycles. The average Bonchev–Trinajstić information content (AvgIpc) is 2.64. The van der Waals surface area contributed by atoms with Gasteiger partial charge in [-0.15, -0.1) is 0 Å². The van der Waals surface area contributed by atoms with E-state index in [1.165, 1.54) is 7.11 Å². The molecular formula is C20H24N2O4. The molecule has 0 aliphatic heterocycles. The Balaban J connectivity index is 2.23. The molecule has 6 heteroatoms. The highest BCUT2D eigenvalue weighted by Crippen LogP contribution is 2.19. The molecule has 0 radical (unpaired) electrons. The number of hydrogen-bond acceptors (Lipinski definition) is 5. The molecule has 2 aromatic rings. The molecule has 1 atom stereocenters. The van der Waals surface area contributed by atoms with Crippen LogP contribution in [0.2, 0.25) is 0 Å². The first-order valence-corrected chi connectivity index (χ1v) is 8.37. The molecule has 0 saturated heterocycles. The van der Waals surface area contributed by atoms with Crippen LogP contribution in [0.4, 0.5) is 0 Å². The van der Waals surface area contributed by atoms with Crippen LogP contribution in [0.15, 0.2) is 53.7 Å². The Morgan fingerprint density at radius 1 is 1.19 bits per heavy atom. The maximum Gasteiger partial charge on any atom is 0.274 e. The van der Waals surface area contributed by atoms with E-state index in [0.717, 1.165) is 16.9 Å². The Hall–Kier alpha value is -2.86. The molecule has 0 aromatic heterocycles. The van der Waals surface area contributed by atoms with Crippen molar-refractivity contribution in [3.8, 4) is 5.75 Å². The maximum atomic E-state index is 12.4. The third-order valence-corrected chi connectivity index (χ3v) is 3.70. The zero-order chi connectivity index (χ0) is 18.9. The SMILES string of the molecule is CON=C(C(=O)NC[C@@H](C)O)c1ccccc1COc1ccccc1C. The summed E-state index contributed by atoms with van der Waals surface area (Å²) in [6.45, 7) is 3.98. The van der Waals surface area contributed by atoms with Gasteiger partial charge in [-0.1, -0.05) is 47.6 Å². The zero-order valence-corrected chi connectivity index (χ0v) is 15.2. The number of ether oxygens (including phenoxy) is 1. The molecule has 0 aliphatic rings. The van der Waals surface area contributed by atoms with Gasteiger partial charge in [0.15, 0.2) is 5.71 Å². The number of benzene rings is 2. The van der Waals surface area contributed by atoms with E-state index in [9.17, 15) is 9.90 Å². The van der Waals surface area contributed by atoms with Crippen molar-refractivity contribution in [2.45, 2.75) is 26.6 Å². The molecule has 6 nitrogen and oxygen atoms in total. The Labute approximate surface area is 153 Å². The van der Waals surface area contributed by atoms with Crippen LogP contribution < -0.4 is 10.1 Å². The standard InChI is InChI=1S/C20H24N2O4/c1-14-8-4-7-11-18(14)26-13-16-9-5-6-10-17(16)19(22-25-3)20(24)21-12-15(2)23/h4-11,15,23H,12-13H2,1-3H3,(H,21,24)/t15-/m1/s1. The third kappa shape index (κ3) is 5.32. The number of nitrogens with one attached hydrogen (secondary N) is 1. The summed E-state index contributed by atoms with van der Waals surface area (Å²) in [5.41, 5.74) is 2.59. The number of nitrogens with zero attached hydrogens (tertiary/aromatic N) is 1. The van der Waals surface area contributed by atoms with E-state index < -0.39 is 12.0 Å². The van der Waals surface area contributed by atoms with Crippen molar-refractivity contribution >= 4 is 11.6 Å². The van der Waals surface area contributed by atoms with Crippen molar-refractivity contribution < 1.29 is 19.5 Å². The van der Waals surface area contributed by atoms with Crippen LogP contribution in [-0.4, -0.2) is 36.5 Å². The third-order valence-electron chi connectivity index (χ3n) is 3.70. The van der Waals surface area contributed by atoms with E-state index in [1.807, 2.05) is 49.4 Å². The van der Waals surface area contributed by atoms with Crippen molar-refractivity contribution in [2.75, 3.05) is 13.7 Å². The quantitative estimate of drug-likeness (QED) is 0.562. The summed E-state index contributed by atoms with van der Waals surface area (Å²) in [7, 11) is 1.38. The van der Waals surface area contributed by atoms with Gasteiger partial charge < -0.3 is 20.0 Å². The van der Waals surface area contributed by atoms with Crippen LogP contribution in [0.1, 0.15) is 23.6 Å². The van der Waals surface area contributed by atoms with Gasteiger partial charge in [-0.2, -0.15) is 0 Å². The first-order chi connectivity index (χ1) is 12.5. The molecular weight excluding hydrogens is 332 g/mol. The van der Waals surface area contributed by atoms with E-state index in [2.05, 4.69) is 10.5 Å². The van der Waals surface area contributed by atoms with Crippen LogP contribution in [0.5, 0.6) is 5.75 Å². The Morgan fingerprint density at radius 2 is 1.88 bits per heavy atom. The zero-order valence-electron chi connectivity index (χ0n) is 15.2. The number of aliphatic hydroxyl groups excluding tert-OH is 1. The van der Waals surface area contributed by atoms with Crippen molar-refractivity contribution in [1.29, 1.82) is 0 Å². The first-order valence-electron chi connectivity index (χ1n) is 8.37. The minimum Gasteiger partial charge on any atom is -0.489 e. The predicted octanol–water partition coefficient (Wildman–Crippen LogP) is 2.42. The number of rotatable bonds is 8. The summed E-state index contributed by atoms with van der Waals surface area (Å²) in [5.74, 6) is 0.363. The molecule has 0 unspecified atom stereocenters. The van der Waals surface area contributed by atoms with Crippen molar-refractivity contribution in [2.24, 2.45) is 5.16 Å². The van der Waals surface area contributed by atoms with Gasteiger partial charge >= 0.3 is 0 Å². The van der Waals surface area contributed by atoms with Crippen LogP contribution in [0.3, 0.4) is 0 Å². The number of aliphatic hydroxyl groups is 1. The summed E-state index contributed by atoms with van der Waals surface area (Å²) >= 11 is 0. The largest absolute Gasteiger partial charge is 0.489 e. The second-order valence-electron chi connectivity index (χ2n) is 5.89. The summed E-state index contributed by atoms with van der Waals surface area (Å²) < 4.78 is 5.90. The molecule has 1 amide bonds. The van der Waals surface area contributed by atoms with Crippen molar-refractivity contribution in [3.63, 3.8) is 0 Å². The molecule has 0 bridgehead atoms. The predicted molar refractivity (Wildman–Crippen MR) is 100 cm³/mol. The van der Waals surface area contributed by atoms with Gasteiger partial charge in [0, 0.05) is 12.1 Å². The number of aryl methyl sites for hydroxylation is 1. The lowest BCUT2D eigenvalue weighted by molar-refractivity contribution is -0.115. The highest BCUT2D eigenvalue weighted by Gasteiger charge is 2.19. The van der Waals surface area contributed by atoms with E-state index in [1.54, 1.807) is 13.0 Å². The fourth-order valence-corrected chi connectivity index (χ4v) is 2.38. The maximum absolute atomic E-state index is 12.4. The van der Waals surface area contributed by atoms with Gasteiger partial charge in [-0.05, 0) is 31.0 Å². The molecule has 0 spiro atoms. The van der Waals surface area contributed by atoms with Crippen LogP contribution in [0, 0.1) is 6.92 Å². The van der Waals surface area contributed by atoms with Crippen LogP contribution in [-0.2, 0) is 16.2 Å². The number of carbonyl (C=O) groups excluding carboxylic acids is 1. The summed E-state index contributed by atoms with van der Waals surface area (Å²) in [5, 5.41) is 15.9. The molecule has 0 heterocycles. The molecule has 138 valence electrons. The molecule has 2 N–H and O–H groups in total. The van der Waals surface area contributed by atoms with Gasteiger partial charge in [0.05, 0.1) is 6.10 Å². The molecule has 2 rings (SSSR count). The number of hydrogen-bond donors (Lipinski definition) is 2. The Bertz CT molecular complexity index is 772. The van der Waals surface area contributed by atoms with Gasteiger partial charge in [-0.3, -0.25) is 4.79 Å². The monoisotopic (exact) mass is 356 g/mol. The summed E-state index contributed by atoms with van der Waals surface area (Å²) in [4.78, 5) is 17.3. The Kier molecular flexibility index (Phi) is 7.17. The number of para-hydroxylation sites is 1. The molecule has 0 saturated carbocycles. The van der Waals surface area contributed by atoms with Gasteiger partial charge in [0.25, 0.3) is 5.91 Å². The second-order valence-corrected chi connectivity index (χ2v) is 5.89. The number of amides is 1. The van der Waals surface area contributed by atoms with E-state index in [-0.39, 0.29) is 18.9 Å². The summed E-state index contributed by atoms with van der Waals surface area (Å²) in [6.07, 6.45) is -0.651. The lowest BCUT2D eigenvalue weighted by atomic mass is 10.0. The topological polar surface area (TPSA) is 80.2 Å². The fraction of sp³-hybridized carbons (Fsp3) is 0.300. The second kappa shape index (κ2) is 9.58. The van der Waals surface area contributed by atoms with E-state index >= 15 is 0 Å². The molecule has 2 aromatic carbocycles. The van der Waals surface area contributed by atoms with Crippen LogP contribution >= 0.6 is 0 Å². The van der Waals surface area contributed by atoms with E-state index in [0.29, 0.717) is 5.56 Å². The lowest BCUT2D eigenvalue weighted by Gasteiger charge is -2.14. The Morgan fingerprint density at radius 3 is 2.58 bits per heavy atom. The van der Waals surface area contributed by atoms with Gasteiger partial charge in [0.2, 0.25) is 0 Å². The highest BCUT2D eigenvalue weighted by atomic mass is 16.6. The smallest absolute Gasteiger partial charge is 0.274 e. The average molecular weight is 356 g/mol. The lowest BCUT2D eigenvalue weighted by Crippen LogP contribution is -2.36. The van der Waals surface area contributed by atoms with Crippen LogP contribution in [0.25, 0.3) is 0 Å². The van der Waals surface area contributed by atoms with Gasteiger partial charge in [0.1, 0.15) is 19.5 Å². The van der Waals surface area contributed by atoms with Crippen molar-refractivity contribution in [3.05, 3.63) is 65.2 Å². The minimum atomic E-state index is -0.651. The fourth-order valence-electron chi connectivity index (χ4n) is 2.38. The molecule has 0 fully saturated rings. The van der Waals surface area contributed by atoms with E-state index in [4.69, 9.17) is 9.57 Å². The number of oxime groups is 1. The molecule has 26 heavy (non-hydrogen) atoms. The first kappa shape index (κ1) is 19.5. The number of carbonyl (C=O) groups is 1. The normalized spacial score (nSPS) is 12.4. The highest BCUT2D eigenvalue weighted by molar-refractivity contribution is 6.45. The minimum absolute atomic E-state index is 0.128. The van der Waals surface area contributed by atoms with Gasteiger partial charge in [-0.25, -0.2) is 0 Å².